The van der Waals surface area contributed by atoms with Gasteiger partial charge in [0.25, 0.3) is 0 Å². The summed E-state index contributed by atoms with van der Waals surface area (Å²) < 4.78 is 0. The minimum Gasteiger partial charge on any atom is -0.192 e. The predicted octanol–water partition coefficient (Wildman–Crippen LogP) is 15.5. The minimum absolute atomic E-state index is 0.612. The van der Waals surface area contributed by atoms with Crippen LogP contribution in [0.25, 0.3) is 121 Å². The van der Waals surface area contributed by atoms with Crippen LogP contribution in [0.5, 0.6) is 0 Å². The molecule has 0 N–H and O–H groups in total. The van der Waals surface area contributed by atoms with Crippen molar-refractivity contribution < 1.29 is 0 Å². The Balaban J connectivity index is 1.25. The van der Waals surface area contributed by atoms with E-state index in [2.05, 4.69) is 182 Å². The first kappa shape index (κ1) is 33.8. The summed E-state index contributed by atoms with van der Waals surface area (Å²) in [4.78, 5) is 0. The lowest BCUT2D eigenvalue weighted by Gasteiger charge is -2.26. The zero-order valence-electron chi connectivity index (χ0n) is 32.4. The van der Waals surface area contributed by atoms with Gasteiger partial charge in [0.15, 0.2) is 0 Å². The highest BCUT2D eigenvalue weighted by molar-refractivity contribution is 6.30. The van der Waals surface area contributed by atoms with E-state index in [0.29, 0.717) is 11.1 Å². The van der Waals surface area contributed by atoms with Gasteiger partial charge in [-0.3, -0.25) is 0 Å². The van der Waals surface area contributed by atoms with Gasteiger partial charge in [-0.15, -0.1) is 0 Å². The zero-order valence-corrected chi connectivity index (χ0v) is 32.4. The average molecular weight is 757 g/mol. The van der Waals surface area contributed by atoms with Gasteiger partial charge in [-0.25, -0.2) is 0 Å². The monoisotopic (exact) mass is 756 g/mol. The van der Waals surface area contributed by atoms with Gasteiger partial charge in [0.1, 0.15) is 0 Å². The summed E-state index contributed by atoms with van der Waals surface area (Å²) in [7, 11) is 0. The molecule has 0 fully saturated rings. The highest BCUT2D eigenvalue weighted by Crippen LogP contribution is 2.61. The number of benzene rings is 11. The van der Waals surface area contributed by atoms with Crippen LogP contribution in [0.2, 0.25) is 0 Å². The predicted molar refractivity (Wildman–Crippen MR) is 249 cm³/mol. The first-order valence-electron chi connectivity index (χ1n) is 20.3. The molecule has 0 amide bonds. The van der Waals surface area contributed by atoms with Crippen molar-refractivity contribution in [3.8, 4) is 90.0 Å². The molecule has 0 spiro atoms. The fourth-order valence-corrected chi connectivity index (χ4v) is 10.1. The summed E-state index contributed by atoms with van der Waals surface area (Å²) in [6.45, 7) is 0. The third-order valence-electron chi connectivity index (χ3n) is 12.6. The fraction of sp³-hybridized carbons (Fsp3) is 0. The van der Waals surface area contributed by atoms with E-state index in [4.69, 9.17) is 0 Å². The molecule has 2 heteroatoms. The van der Waals surface area contributed by atoms with Gasteiger partial charge in [-0.05, 0) is 145 Å². The van der Waals surface area contributed by atoms with Crippen molar-refractivity contribution in [2.45, 2.75) is 0 Å². The smallest absolute Gasteiger partial charge is 0.0991 e. The second-order valence-corrected chi connectivity index (χ2v) is 15.7. The number of hydrogen-bond acceptors (Lipinski definition) is 2. The van der Waals surface area contributed by atoms with Crippen LogP contribution in [0.3, 0.4) is 0 Å². The van der Waals surface area contributed by atoms with Crippen LogP contribution in [-0.4, -0.2) is 0 Å². The van der Waals surface area contributed by atoms with Crippen molar-refractivity contribution in [2.24, 2.45) is 0 Å². The quantitative estimate of drug-likeness (QED) is 0.164. The first-order valence-corrected chi connectivity index (χ1v) is 20.3. The summed E-state index contributed by atoms with van der Waals surface area (Å²) >= 11 is 0. The lowest BCUT2D eigenvalue weighted by atomic mass is 9.76. The maximum atomic E-state index is 9.88. The average Bonchev–Trinajstić information content (AvgIpc) is 3.65. The molecule has 11 aromatic rings. The second-order valence-electron chi connectivity index (χ2n) is 15.7. The Kier molecular flexibility index (Phi) is 7.39. The van der Waals surface area contributed by atoms with Gasteiger partial charge < -0.3 is 0 Å². The van der Waals surface area contributed by atoms with E-state index in [1.807, 2.05) is 24.3 Å². The van der Waals surface area contributed by atoms with Crippen LogP contribution in [0, 0.1) is 22.7 Å². The molecular weight excluding hydrogens is 725 g/mol. The Bertz CT molecular complexity index is 3470. The van der Waals surface area contributed by atoms with Crippen molar-refractivity contribution in [3.05, 3.63) is 205 Å². The van der Waals surface area contributed by atoms with Crippen LogP contribution in [0.15, 0.2) is 194 Å². The molecule has 1 aliphatic rings. The summed E-state index contributed by atoms with van der Waals surface area (Å²) in [5.41, 5.74) is 17.2. The van der Waals surface area contributed by atoms with E-state index >= 15 is 0 Å². The van der Waals surface area contributed by atoms with Crippen LogP contribution in [0.4, 0.5) is 0 Å². The molecule has 0 heterocycles. The molecule has 2 nitrogen and oxygen atoms in total. The summed E-state index contributed by atoms with van der Waals surface area (Å²) in [5, 5.41) is 29.9. The van der Waals surface area contributed by atoms with Crippen LogP contribution in [0.1, 0.15) is 11.1 Å². The summed E-state index contributed by atoms with van der Waals surface area (Å²) in [6.07, 6.45) is 0. The van der Waals surface area contributed by atoms with Crippen molar-refractivity contribution in [1.82, 2.24) is 0 Å². The highest BCUT2D eigenvalue weighted by atomic mass is 14.4. The summed E-state index contributed by atoms with van der Waals surface area (Å²) in [5.74, 6) is 0. The van der Waals surface area contributed by atoms with Gasteiger partial charge >= 0.3 is 0 Å². The maximum absolute atomic E-state index is 9.88. The number of nitrogens with zero attached hydrogens (tertiary/aromatic N) is 2. The lowest BCUT2D eigenvalue weighted by molar-refractivity contribution is 1.47. The Morgan fingerprint density at radius 2 is 0.650 bits per heavy atom. The number of hydrogen-bond donors (Lipinski definition) is 0. The lowest BCUT2D eigenvalue weighted by Crippen LogP contribution is -1.99. The molecule has 0 bridgehead atoms. The number of nitriles is 2. The third-order valence-corrected chi connectivity index (χ3v) is 12.6. The Morgan fingerprint density at radius 1 is 0.250 bits per heavy atom. The molecular formula is C58H32N2. The van der Waals surface area contributed by atoms with E-state index < -0.39 is 0 Å². The molecule has 0 aromatic heterocycles. The standard InChI is InChI=1S/C58H32N2/c59-33-35-17-21-42(22-18-35)52-53(43-23-19-36(34-60)20-24-43)55(38-11-5-2-6-12-38)58-49-32-31-45(46-15-8-16-48(56(46)49)57(58)54(52)37-9-3-1-4-10-37)44-29-27-41-26-25-39-13-7-14-40-28-30-47(44)51(41)50(39)40/h1-32H. The van der Waals surface area contributed by atoms with Crippen LogP contribution < -0.4 is 0 Å². The SMILES string of the molecule is N#Cc1ccc(-c2c(-c3ccc(C#N)cc3)c(-c3ccccc3)c3c(c2-c2ccccc2)-c2cccc4c(-c5ccc6ccc7cccc8ccc5c6c78)ccc-3c24)cc1. The molecule has 0 aliphatic heterocycles. The molecule has 1 aliphatic carbocycles. The van der Waals surface area contributed by atoms with Crippen LogP contribution in [-0.2, 0) is 0 Å². The molecule has 0 unspecified atom stereocenters. The first-order chi connectivity index (χ1) is 29.7. The van der Waals surface area contributed by atoms with Gasteiger partial charge in [0, 0.05) is 0 Å². The van der Waals surface area contributed by atoms with Gasteiger partial charge in [-0.1, -0.05) is 170 Å². The molecule has 0 radical (unpaired) electrons. The van der Waals surface area contributed by atoms with E-state index in [1.165, 1.54) is 76.5 Å². The molecule has 0 atom stereocenters. The van der Waals surface area contributed by atoms with Crippen molar-refractivity contribution >= 4 is 43.1 Å². The second kappa shape index (κ2) is 13.1. The molecule has 12 rings (SSSR count). The molecule has 274 valence electrons. The Hall–Kier alpha value is -8.30. The Labute approximate surface area is 347 Å². The fourth-order valence-electron chi connectivity index (χ4n) is 10.1. The number of rotatable bonds is 5. The largest absolute Gasteiger partial charge is 0.192 e. The summed E-state index contributed by atoms with van der Waals surface area (Å²) in [6, 6.07) is 73.9. The molecule has 60 heavy (non-hydrogen) atoms. The van der Waals surface area contributed by atoms with Gasteiger partial charge in [0.2, 0.25) is 0 Å². The van der Waals surface area contributed by atoms with Crippen molar-refractivity contribution in [3.63, 3.8) is 0 Å². The van der Waals surface area contributed by atoms with Gasteiger partial charge in [-0.2, -0.15) is 10.5 Å². The molecule has 11 aromatic carbocycles. The number of fused-ring (bicyclic) bond motifs is 3. The van der Waals surface area contributed by atoms with E-state index in [9.17, 15) is 10.5 Å². The Morgan fingerprint density at radius 3 is 1.20 bits per heavy atom. The highest BCUT2D eigenvalue weighted by Gasteiger charge is 2.34. The topological polar surface area (TPSA) is 47.6 Å². The van der Waals surface area contributed by atoms with Crippen molar-refractivity contribution in [2.75, 3.05) is 0 Å². The zero-order chi connectivity index (χ0) is 39.9. The minimum atomic E-state index is 0.612. The third kappa shape index (κ3) is 4.86. The van der Waals surface area contributed by atoms with E-state index in [0.717, 1.165) is 44.5 Å². The molecule has 0 saturated carbocycles. The van der Waals surface area contributed by atoms with Crippen LogP contribution >= 0.6 is 0 Å². The van der Waals surface area contributed by atoms with E-state index in [1.54, 1.807) is 0 Å². The normalized spacial score (nSPS) is 11.6. The van der Waals surface area contributed by atoms with E-state index in [-0.39, 0.29) is 0 Å². The van der Waals surface area contributed by atoms with Gasteiger partial charge in [0.05, 0.1) is 23.3 Å². The van der Waals surface area contributed by atoms with Crippen molar-refractivity contribution in [1.29, 1.82) is 10.5 Å². The maximum Gasteiger partial charge on any atom is 0.0991 e. The molecule has 0 saturated heterocycles.